The van der Waals surface area contributed by atoms with E-state index < -0.39 is 10.0 Å². The van der Waals surface area contributed by atoms with Gasteiger partial charge in [0, 0.05) is 31.6 Å². The fraction of sp³-hybridized carbons (Fsp3) is 0.438. The van der Waals surface area contributed by atoms with Crippen molar-refractivity contribution in [2.45, 2.75) is 30.2 Å². The second-order valence-electron chi connectivity index (χ2n) is 6.15. The Balaban J connectivity index is 1.58. The monoisotopic (exact) mass is 397 g/mol. The third-order valence-electron chi connectivity index (χ3n) is 4.37. The van der Waals surface area contributed by atoms with Gasteiger partial charge in [-0.3, -0.25) is 4.79 Å². The largest absolute Gasteiger partial charge is 0.332 e. The first kappa shape index (κ1) is 18.8. The molecule has 1 N–H and O–H groups in total. The van der Waals surface area contributed by atoms with E-state index >= 15 is 0 Å². The molecular formula is C16H20ClN5O3S. The Hall–Kier alpha value is -1.97. The van der Waals surface area contributed by atoms with Crippen molar-refractivity contribution in [2.24, 2.45) is 7.05 Å². The summed E-state index contributed by atoms with van der Waals surface area (Å²) in [5.41, 5.74) is 0. The molecule has 1 aliphatic rings. The summed E-state index contributed by atoms with van der Waals surface area (Å²) in [6.07, 6.45) is 3.41. The number of sulfonamides is 1. The minimum Gasteiger partial charge on any atom is -0.332 e. The lowest BCUT2D eigenvalue weighted by Gasteiger charge is -2.24. The molecule has 0 spiro atoms. The highest BCUT2D eigenvalue weighted by Crippen LogP contribution is 2.30. The molecular weight excluding hydrogens is 378 g/mol. The third kappa shape index (κ3) is 4.05. The normalized spacial score (nSPS) is 17.6. The molecule has 140 valence electrons. The molecule has 0 bridgehead atoms. The lowest BCUT2D eigenvalue weighted by Crippen LogP contribution is -2.35. The quantitative estimate of drug-likeness (QED) is 0.796. The van der Waals surface area contributed by atoms with Gasteiger partial charge in [0.2, 0.25) is 15.9 Å². The van der Waals surface area contributed by atoms with Crippen LogP contribution in [0.1, 0.15) is 31.1 Å². The zero-order valence-electron chi connectivity index (χ0n) is 14.3. The summed E-state index contributed by atoms with van der Waals surface area (Å²) in [7, 11) is -1.82. The van der Waals surface area contributed by atoms with Gasteiger partial charge < -0.3 is 9.47 Å². The Labute approximate surface area is 157 Å². The average molecular weight is 398 g/mol. The molecule has 1 aromatic heterocycles. The molecule has 0 saturated carbocycles. The van der Waals surface area contributed by atoms with Gasteiger partial charge in [0.1, 0.15) is 6.33 Å². The Kier molecular flexibility index (Phi) is 5.59. The van der Waals surface area contributed by atoms with Crippen molar-refractivity contribution in [1.82, 2.24) is 24.4 Å². The maximum Gasteiger partial charge on any atom is 0.240 e. The van der Waals surface area contributed by atoms with E-state index in [9.17, 15) is 13.2 Å². The Morgan fingerprint density at radius 2 is 2.08 bits per heavy atom. The average Bonchev–Trinajstić information content (AvgIpc) is 3.23. The number of likely N-dealkylation sites (tertiary alicyclic amines) is 1. The molecule has 1 saturated heterocycles. The number of benzene rings is 1. The first-order valence-electron chi connectivity index (χ1n) is 8.27. The van der Waals surface area contributed by atoms with Crippen molar-refractivity contribution in [3.8, 4) is 0 Å². The minimum absolute atomic E-state index is 0.0336. The topological polar surface area (TPSA) is 97.2 Å². The first-order chi connectivity index (χ1) is 12.4. The van der Waals surface area contributed by atoms with Crippen LogP contribution in [0.4, 0.5) is 0 Å². The Morgan fingerprint density at radius 1 is 1.35 bits per heavy atom. The number of carbonyl (C=O) groups is 1. The van der Waals surface area contributed by atoms with Gasteiger partial charge >= 0.3 is 0 Å². The molecule has 0 aliphatic carbocycles. The molecule has 2 aromatic rings. The maximum atomic E-state index is 12.5. The molecule has 1 amide bonds. The Morgan fingerprint density at radius 3 is 2.73 bits per heavy atom. The van der Waals surface area contributed by atoms with Gasteiger partial charge in [0.05, 0.1) is 10.9 Å². The van der Waals surface area contributed by atoms with E-state index in [4.69, 9.17) is 11.6 Å². The van der Waals surface area contributed by atoms with Crippen molar-refractivity contribution >= 4 is 27.5 Å². The molecule has 0 radical (unpaired) electrons. The van der Waals surface area contributed by atoms with E-state index in [0.29, 0.717) is 11.6 Å². The number of halogens is 1. The Bertz CT molecular complexity index is 882. The number of hydrogen-bond acceptors (Lipinski definition) is 5. The maximum absolute atomic E-state index is 12.5. The second-order valence-corrected chi connectivity index (χ2v) is 8.35. The van der Waals surface area contributed by atoms with Crippen LogP contribution in [0, 0.1) is 0 Å². The SMILES string of the molecule is Cn1cnnc1[C@H]1CCCN1C(=O)CCNS(=O)(=O)c1ccc(Cl)cc1. The van der Waals surface area contributed by atoms with E-state index in [0.717, 1.165) is 18.7 Å². The summed E-state index contributed by atoms with van der Waals surface area (Å²) in [4.78, 5) is 14.4. The van der Waals surface area contributed by atoms with Crippen LogP contribution in [0.2, 0.25) is 5.02 Å². The van der Waals surface area contributed by atoms with Gasteiger partial charge in [0.25, 0.3) is 0 Å². The van der Waals surface area contributed by atoms with E-state index in [1.54, 1.807) is 15.8 Å². The van der Waals surface area contributed by atoms with Crippen LogP contribution >= 0.6 is 11.6 Å². The van der Waals surface area contributed by atoms with Gasteiger partial charge in [0.15, 0.2) is 5.82 Å². The highest BCUT2D eigenvalue weighted by atomic mass is 35.5. The van der Waals surface area contributed by atoms with Crippen molar-refractivity contribution in [1.29, 1.82) is 0 Å². The summed E-state index contributed by atoms with van der Waals surface area (Å²) in [6.45, 7) is 0.673. The number of hydrogen-bond donors (Lipinski definition) is 1. The molecule has 0 unspecified atom stereocenters. The van der Waals surface area contributed by atoms with Crippen LogP contribution < -0.4 is 4.72 Å². The van der Waals surface area contributed by atoms with Crippen LogP contribution in [0.15, 0.2) is 35.5 Å². The highest BCUT2D eigenvalue weighted by molar-refractivity contribution is 7.89. The van der Waals surface area contributed by atoms with Gasteiger partial charge in [-0.1, -0.05) is 11.6 Å². The number of amides is 1. The number of carbonyl (C=O) groups excluding carboxylic acids is 1. The van der Waals surface area contributed by atoms with E-state index in [2.05, 4.69) is 14.9 Å². The summed E-state index contributed by atoms with van der Waals surface area (Å²) in [6, 6.07) is 5.77. The third-order valence-corrected chi connectivity index (χ3v) is 6.10. The van der Waals surface area contributed by atoms with E-state index in [1.807, 2.05) is 7.05 Å². The molecule has 8 nitrogen and oxygen atoms in total. The second kappa shape index (κ2) is 7.73. The van der Waals surface area contributed by atoms with Gasteiger partial charge in [-0.2, -0.15) is 0 Å². The fourth-order valence-electron chi connectivity index (χ4n) is 3.06. The molecule has 1 fully saturated rings. The zero-order valence-corrected chi connectivity index (χ0v) is 15.9. The van der Waals surface area contributed by atoms with Gasteiger partial charge in [-0.25, -0.2) is 13.1 Å². The predicted octanol–water partition coefficient (Wildman–Crippen LogP) is 1.50. The highest BCUT2D eigenvalue weighted by Gasteiger charge is 2.32. The first-order valence-corrected chi connectivity index (χ1v) is 10.1. The molecule has 1 atom stereocenters. The number of rotatable bonds is 6. The molecule has 26 heavy (non-hydrogen) atoms. The molecule has 3 rings (SSSR count). The summed E-state index contributed by atoms with van der Waals surface area (Å²) in [5.74, 6) is 0.645. The van der Waals surface area contributed by atoms with E-state index in [-0.39, 0.29) is 29.8 Å². The van der Waals surface area contributed by atoms with Crippen LogP contribution in [-0.4, -0.2) is 47.1 Å². The van der Waals surface area contributed by atoms with Crippen molar-refractivity contribution < 1.29 is 13.2 Å². The van der Waals surface area contributed by atoms with Crippen LogP contribution in [-0.2, 0) is 21.9 Å². The number of nitrogens with zero attached hydrogens (tertiary/aromatic N) is 4. The van der Waals surface area contributed by atoms with Gasteiger partial charge in [-0.15, -0.1) is 10.2 Å². The van der Waals surface area contributed by atoms with Crippen molar-refractivity contribution in [3.05, 3.63) is 41.4 Å². The van der Waals surface area contributed by atoms with Crippen LogP contribution in [0.25, 0.3) is 0 Å². The fourth-order valence-corrected chi connectivity index (χ4v) is 4.22. The van der Waals surface area contributed by atoms with Crippen LogP contribution in [0.5, 0.6) is 0 Å². The molecule has 1 aliphatic heterocycles. The van der Waals surface area contributed by atoms with E-state index in [1.165, 1.54) is 24.3 Å². The van der Waals surface area contributed by atoms with Crippen molar-refractivity contribution in [3.63, 3.8) is 0 Å². The lowest BCUT2D eigenvalue weighted by molar-refractivity contribution is -0.132. The number of aryl methyl sites for hydroxylation is 1. The van der Waals surface area contributed by atoms with Gasteiger partial charge in [-0.05, 0) is 37.1 Å². The summed E-state index contributed by atoms with van der Waals surface area (Å²) in [5, 5.41) is 8.42. The lowest BCUT2D eigenvalue weighted by atomic mass is 10.2. The number of aromatic nitrogens is 3. The standard InChI is InChI=1S/C16H20ClN5O3S/c1-21-11-18-20-16(21)14-3-2-10-22(14)15(23)8-9-19-26(24,25)13-6-4-12(17)5-7-13/h4-7,11,14,19H,2-3,8-10H2,1H3/t14-/m1/s1. The molecule has 2 heterocycles. The van der Waals surface area contributed by atoms with Crippen molar-refractivity contribution in [2.75, 3.05) is 13.1 Å². The summed E-state index contributed by atoms with van der Waals surface area (Å²) < 4.78 is 28.7. The smallest absolute Gasteiger partial charge is 0.240 e. The zero-order chi connectivity index (χ0) is 18.7. The minimum atomic E-state index is -3.67. The molecule has 10 heteroatoms. The summed E-state index contributed by atoms with van der Waals surface area (Å²) >= 11 is 5.77. The number of nitrogens with one attached hydrogen (secondary N) is 1. The predicted molar refractivity (Wildman–Crippen MR) is 95.9 cm³/mol. The molecule has 1 aromatic carbocycles. The van der Waals surface area contributed by atoms with Crippen LogP contribution in [0.3, 0.4) is 0 Å².